The first kappa shape index (κ1) is 20.5. The van der Waals surface area contributed by atoms with Crippen LogP contribution in [0, 0.1) is 0 Å². The highest BCUT2D eigenvalue weighted by atomic mass is 35.5. The zero-order valence-electron chi connectivity index (χ0n) is 14.6. The second kappa shape index (κ2) is 7.00. The first-order valence-electron chi connectivity index (χ1n) is 8.15. The second-order valence-electron chi connectivity index (χ2n) is 6.12. The Morgan fingerprint density at radius 1 is 1.07 bits per heavy atom. The maximum Gasteiger partial charge on any atom is 0.596 e. The third-order valence-electron chi connectivity index (χ3n) is 4.42. The molecule has 1 heterocycles. The van der Waals surface area contributed by atoms with E-state index in [0.717, 1.165) is 24.3 Å². The molecule has 1 unspecified atom stereocenters. The molecule has 0 aliphatic carbocycles. The Morgan fingerprint density at radius 3 is 2.11 bits per heavy atom. The number of alkyl halides is 3. The van der Waals surface area contributed by atoms with Gasteiger partial charge in [0.1, 0.15) is 0 Å². The molecule has 5 nitrogen and oxygen atoms in total. The van der Waals surface area contributed by atoms with Crippen molar-refractivity contribution in [3.8, 4) is 0 Å². The van der Waals surface area contributed by atoms with E-state index in [0.29, 0.717) is 22.6 Å². The zero-order valence-corrected chi connectivity index (χ0v) is 16.2. The summed E-state index contributed by atoms with van der Waals surface area (Å²) in [6.45, 7) is 1.73. The largest absolute Gasteiger partial charge is 0.596 e. The number of nitrogens with zero attached hydrogens (tertiary/aromatic N) is 2. The van der Waals surface area contributed by atoms with Crippen molar-refractivity contribution in [2.24, 2.45) is 10.2 Å². The second-order valence-corrected chi connectivity index (χ2v) is 8.12. The van der Waals surface area contributed by atoms with Gasteiger partial charge >= 0.3 is 6.30 Å². The van der Waals surface area contributed by atoms with Crippen LogP contribution >= 0.6 is 11.6 Å². The van der Waals surface area contributed by atoms with Crippen LogP contribution in [0.5, 0.6) is 0 Å². The van der Waals surface area contributed by atoms with Crippen LogP contribution in [0.2, 0.25) is 5.02 Å². The van der Waals surface area contributed by atoms with Crippen molar-refractivity contribution in [1.29, 1.82) is 0 Å². The zero-order chi connectivity index (χ0) is 20.7. The van der Waals surface area contributed by atoms with Crippen LogP contribution in [-0.4, -0.2) is 20.9 Å². The lowest BCUT2D eigenvalue weighted by molar-refractivity contribution is -0.216. The van der Waals surface area contributed by atoms with Crippen LogP contribution < -0.4 is 9.73 Å². The minimum Gasteiger partial charge on any atom is -0.225 e. The SMILES string of the molecule is CCC1=C(c2ccc(Cl)cc2)[N+](c2ccc(S(N)(=O)=O)cc2)(C(F)(F)F)N=C1. The number of hydrogen-bond donors (Lipinski definition) is 1. The van der Waals surface area contributed by atoms with Crippen LogP contribution in [0.15, 0.2) is 64.1 Å². The lowest BCUT2D eigenvalue weighted by Crippen LogP contribution is -2.52. The summed E-state index contributed by atoms with van der Waals surface area (Å²) in [4.78, 5) is -0.285. The van der Waals surface area contributed by atoms with Crippen LogP contribution in [-0.2, 0) is 10.0 Å². The van der Waals surface area contributed by atoms with Gasteiger partial charge in [-0.05, 0) is 47.4 Å². The molecule has 0 fully saturated rings. The molecule has 0 aromatic heterocycles. The van der Waals surface area contributed by atoms with Crippen molar-refractivity contribution in [3.63, 3.8) is 0 Å². The summed E-state index contributed by atoms with van der Waals surface area (Å²) < 4.78 is 64.4. The molecule has 2 N–H and O–H groups in total. The summed E-state index contributed by atoms with van der Waals surface area (Å²) in [7, 11) is -4.04. The predicted molar refractivity (Wildman–Crippen MR) is 103 cm³/mol. The standard InChI is InChI=1S/C18H16ClF3N3O2S/c1-2-12-11-24-25(18(20,21)22,17(12)13-3-5-14(19)6-4-13)15-7-9-16(10-8-15)28(23,26)27/h3-11H,2H2,1H3,(H2,23,26,27)/q+1. The number of benzene rings is 2. The van der Waals surface area contributed by atoms with E-state index in [2.05, 4.69) is 5.10 Å². The van der Waals surface area contributed by atoms with Gasteiger partial charge in [-0.1, -0.05) is 23.6 Å². The Balaban J connectivity index is 2.28. The van der Waals surface area contributed by atoms with E-state index < -0.39 is 20.9 Å². The Bertz CT molecular complexity index is 1060. The van der Waals surface area contributed by atoms with Crippen LogP contribution in [0.3, 0.4) is 0 Å². The molecule has 3 rings (SSSR count). The normalized spacial score (nSPS) is 20.1. The highest BCUT2D eigenvalue weighted by molar-refractivity contribution is 7.89. The van der Waals surface area contributed by atoms with E-state index in [4.69, 9.17) is 16.7 Å². The first-order chi connectivity index (χ1) is 13.0. The number of quaternary nitrogens is 1. The lowest BCUT2D eigenvalue weighted by atomic mass is 10.0. The summed E-state index contributed by atoms with van der Waals surface area (Å²) in [5, 5.41) is 9.27. The summed E-state index contributed by atoms with van der Waals surface area (Å²) in [5.74, 6) is 0. The molecule has 0 spiro atoms. The molecule has 1 aliphatic rings. The van der Waals surface area contributed by atoms with E-state index in [9.17, 15) is 21.6 Å². The number of rotatable bonds is 4. The van der Waals surface area contributed by atoms with Crippen molar-refractivity contribution in [1.82, 2.24) is 4.59 Å². The average Bonchev–Trinajstić information content (AvgIpc) is 3.02. The van der Waals surface area contributed by atoms with Gasteiger partial charge in [-0.2, -0.15) is 0 Å². The van der Waals surface area contributed by atoms with E-state index in [1.54, 1.807) is 6.92 Å². The Labute approximate surface area is 165 Å². The molecular weight excluding hydrogens is 415 g/mol. The van der Waals surface area contributed by atoms with Gasteiger partial charge < -0.3 is 0 Å². The van der Waals surface area contributed by atoms with Crippen LogP contribution in [0.4, 0.5) is 18.9 Å². The quantitative estimate of drug-likeness (QED) is 0.567. The van der Waals surface area contributed by atoms with Crippen molar-refractivity contribution in [2.75, 3.05) is 0 Å². The van der Waals surface area contributed by atoms with E-state index >= 15 is 0 Å². The number of halogens is 4. The van der Waals surface area contributed by atoms with Gasteiger partial charge in [0.25, 0.3) is 0 Å². The number of hydrogen-bond acceptors (Lipinski definition) is 3. The highest BCUT2D eigenvalue weighted by Crippen LogP contribution is 2.49. The molecule has 0 saturated carbocycles. The molecule has 1 aliphatic heterocycles. The Kier molecular flexibility index (Phi) is 5.13. The lowest BCUT2D eigenvalue weighted by Gasteiger charge is -2.31. The predicted octanol–water partition coefficient (Wildman–Crippen LogP) is 4.64. The van der Waals surface area contributed by atoms with Gasteiger partial charge in [0.15, 0.2) is 11.4 Å². The van der Waals surface area contributed by atoms with Crippen LogP contribution in [0.25, 0.3) is 5.70 Å². The summed E-state index contributed by atoms with van der Waals surface area (Å²) in [6.07, 6.45) is -3.30. The minimum atomic E-state index is -4.83. The van der Waals surface area contributed by atoms with Crippen molar-refractivity contribution >= 4 is 39.2 Å². The smallest absolute Gasteiger partial charge is 0.225 e. The van der Waals surface area contributed by atoms with Gasteiger partial charge in [0, 0.05) is 28.3 Å². The summed E-state index contributed by atoms with van der Waals surface area (Å²) in [5.41, 5.74) is 0.404. The van der Waals surface area contributed by atoms with Gasteiger partial charge in [0.2, 0.25) is 10.0 Å². The molecule has 0 bridgehead atoms. The molecule has 148 valence electrons. The summed E-state index contributed by atoms with van der Waals surface area (Å²) >= 11 is 5.88. The third kappa shape index (κ3) is 3.35. The molecule has 28 heavy (non-hydrogen) atoms. The molecular formula is C18H16ClF3N3O2S+. The van der Waals surface area contributed by atoms with E-state index in [1.165, 1.54) is 30.5 Å². The Hall–Kier alpha value is -2.20. The van der Waals surface area contributed by atoms with Gasteiger partial charge in [0.05, 0.1) is 11.1 Å². The maximum atomic E-state index is 14.4. The average molecular weight is 431 g/mol. The van der Waals surface area contributed by atoms with Crippen molar-refractivity contribution in [2.45, 2.75) is 24.5 Å². The van der Waals surface area contributed by atoms with Gasteiger partial charge in [-0.3, -0.25) is 0 Å². The fourth-order valence-corrected chi connectivity index (χ4v) is 3.75. The number of primary sulfonamides is 1. The molecule has 0 amide bonds. The van der Waals surface area contributed by atoms with Crippen LogP contribution in [0.1, 0.15) is 18.9 Å². The number of allylic oxidation sites excluding steroid dienone is 1. The first-order valence-corrected chi connectivity index (χ1v) is 10.1. The third-order valence-corrected chi connectivity index (χ3v) is 5.60. The fraction of sp³-hybridized carbons (Fsp3) is 0.167. The van der Waals surface area contributed by atoms with Gasteiger partial charge in [-0.25, -0.2) is 13.6 Å². The molecule has 0 saturated heterocycles. The molecule has 2 aromatic carbocycles. The summed E-state index contributed by atoms with van der Waals surface area (Å²) in [6, 6.07) is 10.2. The van der Waals surface area contributed by atoms with E-state index in [-0.39, 0.29) is 16.3 Å². The molecule has 2 aromatic rings. The number of sulfonamides is 1. The maximum absolute atomic E-state index is 14.4. The van der Waals surface area contributed by atoms with Crippen molar-refractivity contribution < 1.29 is 21.6 Å². The minimum absolute atomic E-state index is 0.0602. The monoisotopic (exact) mass is 430 g/mol. The molecule has 10 heteroatoms. The molecule has 0 radical (unpaired) electrons. The topological polar surface area (TPSA) is 72.5 Å². The molecule has 1 atom stereocenters. The fourth-order valence-electron chi connectivity index (χ4n) is 3.11. The van der Waals surface area contributed by atoms with Crippen molar-refractivity contribution in [3.05, 3.63) is 64.7 Å². The van der Waals surface area contributed by atoms with Gasteiger partial charge in [-0.15, -0.1) is 13.2 Å². The Morgan fingerprint density at radius 2 is 1.64 bits per heavy atom. The number of nitrogens with two attached hydrogens (primary N) is 1. The van der Waals surface area contributed by atoms with E-state index in [1.807, 2.05) is 0 Å². The highest BCUT2D eigenvalue weighted by Gasteiger charge is 2.64.